The van der Waals surface area contributed by atoms with Crippen LogP contribution in [0.2, 0.25) is 10.0 Å². The van der Waals surface area contributed by atoms with Gasteiger partial charge in [-0.25, -0.2) is 0 Å². The van der Waals surface area contributed by atoms with Gasteiger partial charge in [0.05, 0.1) is 10.6 Å². The molecule has 0 spiro atoms. The summed E-state index contributed by atoms with van der Waals surface area (Å²) in [7, 11) is 0. The van der Waals surface area contributed by atoms with E-state index in [0.717, 1.165) is 35.1 Å². The molecule has 0 aromatic heterocycles. The number of hydrogen-bond acceptors (Lipinski definition) is 3. The molecule has 2 aromatic carbocycles. The van der Waals surface area contributed by atoms with E-state index in [4.69, 9.17) is 23.2 Å². The Kier molecular flexibility index (Phi) is 6.29. The van der Waals surface area contributed by atoms with Crippen molar-refractivity contribution in [1.29, 1.82) is 0 Å². The van der Waals surface area contributed by atoms with Crippen LogP contribution < -0.4 is 0 Å². The second-order valence-electron chi connectivity index (χ2n) is 6.01. The lowest BCUT2D eigenvalue weighted by Gasteiger charge is -2.35. The SMILES string of the molecule is CSc1ccc(Cl)c(C(=O)N2CCN(Cc3ccccc3Cl)CC2)c1. The Morgan fingerprint density at radius 2 is 1.76 bits per heavy atom. The van der Waals surface area contributed by atoms with Gasteiger partial charge < -0.3 is 4.90 Å². The molecule has 0 aliphatic carbocycles. The van der Waals surface area contributed by atoms with Gasteiger partial charge in [0, 0.05) is 42.6 Å². The minimum Gasteiger partial charge on any atom is -0.336 e. The maximum atomic E-state index is 12.8. The van der Waals surface area contributed by atoms with Crippen molar-refractivity contribution in [2.24, 2.45) is 0 Å². The van der Waals surface area contributed by atoms with Gasteiger partial charge >= 0.3 is 0 Å². The Hall–Kier alpha value is -1.20. The van der Waals surface area contributed by atoms with Crippen LogP contribution in [-0.4, -0.2) is 48.1 Å². The normalized spacial score (nSPS) is 15.4. The predicted octanol–water partition coefficient (Wildman–Crippen LogP) is 4.67. The third-order valence-electron chi connectivity index (χ3n) is 4.42. The van der Waals surface area contributed by atoms with E-state index in [1.54, 1.807) is 17.8 Å². The van der Waals surface area contributed by atoms with Crippen LogP contribution in [0.25, 0.3) is 0 Å². The van der Waals surface area contributed by atoms with E-state index >= 15 is 0 Å². The lowest BCUT2D eigenvalue weighted by molar-refractivity contribution is 0.0628. The number of amides is 1. The number of piperazine rings is 1. The Balaban J connectivity index is 1.62. The van der Waals surface area contributed by atoms with Crippen molar-refractivity contribution < 1.29 is 4.79 Å². The molecule has 0 N–H and O–H groups in total. The standard InChI is InChI=1S/C19H20Cl2N2OS/c1-25-15-6-7-18(21)16(12-15)19(24)23-10-8-22(9-11-23)13-14-4-2-3-5-17(14)20/h2-7,12H,8-11,13H2,1H3. The van der Waals surface area contributed by atoms with Crippen molar-refractivity contribution in [1.82, 2.24) is 9.80 Å². The van der Waals surface area contributed by atoms with Crippen molar-refractivity contribution in [3.8, 4) is 0 Å². The van der Waals surface area contributed by atoms with Crippen LogP contribution in [0, 0.1) is 0 Å². The average molecular weight is 395 g/mol. The molecule has 0 saturated carbocycles. The zero-order valence-electron chi connectivity index (χ0n) is 14.0. The first-order valence-corrected chi connectivity index (χ1v) is 10.1. The van der Waals surface area contributed by atoms with Gasteiger partial charge in [-0.15, -0.1) is 11.8 Å². The molecule has 1 heterocycles. The summed E-state index contributed by atoms with van der Waals surface area (Å²) < 4.78 is 0. The molecule has 2 aromatic rings. The van der Waals surface area contributed by atoms with Gasteiger partial charge in [-0.2, -0.15) is 0 Å². The highest BCUT2D eigenvalue weighted by molar-refractivity contribution is 7.98. The molecule has 1 saturated heterocycles. The van der Waals surface area contributed by atoms with Gasteiger partial charge in [0.25, 0.3) is 5.91 Å². The number of carbonyl (C=O) groups excluding carboxylic acids is 1. The van der Waals surface area contributed by atoms with Crippen LogP contribution in [0.5, 0.6) is 0 Å². The van der Waals surface area contributed by atoms with Crippen LogP contribution >= 0.6 is 35.0 Å². The third kappa shape index (κ3) is 4.50. The highest BCUT2D eigenvalue weighted by atomic mass is 35.5. The molecule has 0 unspecified atom stereocenters. The minimum absolute atomic E-state index is 0.0123. The predicted molar refractivity (Wildman–Crippen MR) is 106 cm³/mol. The number of thioether (sulfide) groups is 1. The van der Waals surface area contributed by atoms with Crippen molar-refractivity contribution in [2.45, 2.75) is 11.4 Å². The second-order valence-corrected chi connectivity index (χ2v) is 7.70. The molecule has 3 nitrogen and oxygen atoms in total. The third-order valence-corrected chi connectivity index (χ3v) is 5.84. The molecule has 1 fully saturated rings. The number of carbonyl (C=O) groups is 1. The molecule has 0 bridgehead atoms. The van der Waals surface area contributed by atoms with Crippen molar-refractivity contribution in [3.63, 3.8) is 0 Å². The fourth-order valence-corrected chi connectivity index (χ4v) is 3.78. The van der Waals surface area contributed by atoms with E-state index in [-0.39, 0.29) is 5.91 Å². The molecule has 1 amide bonds. The number of benzene rings is 2. The van der Waals surface area contributed by atoms with E-state index < -0.39 is 0 Å². The monoisotopic (exact) mass is 394 g/mol. The topological polar surface area (TPSA) is 23.6 Å². The van der Waals surface area contributed by atoms with Crippen molar-refractivity contribution in [2.75, 3.05) is 32.4 Å². The van der Waals surface area contributed by atoms with E-state index in [2.05, 4.69) is 4.90 Å². The quantitative estimate of drug-likeness (QED) is 0.703. The van der Waals surface area contributed by atoms with E-state index in [1.165, 1.54) is 0 Å². The van der Waals surface area contributed by atoms with Gasteiger partial charge in [-0.1, -0.05) is 41.4 Å². The number of halogens is 2. The zero-order valence-corrected chi connectivity index (χ0v) is 16.4. The van der Waals surface area contributed by atoms with Crippen LogP contribution in [0.1, 0.15) is 15.9 Å². The molecule has 132 valence electrons. The summed E-state index contributed by atoms with van der Waals surface area (Å²) in [5.74, 6) is 0.0123. The lowest BCUT2D eigenvalue weighted by atomic mass is 10.1. The smallest absolute Gasteiger partial charge is 0.255 e. The van der Waals surface area contributed by atoms with Gasteiger partial charge in [0.15, 0.2) is 0 Å². The van der Waals surface area contributed by atoms with Gasteiger partial charge in [0.1, 0.15) is 0 Å². The summed E-state index contributed by atoms with van der Waals surface area (Å²) in [6, 6.07) is 13.5. The molecule has 1 aliphatic heterocycles. The Labute approximate surface area is 162 Å². The molecular formula is C19H20Cl2N2OS. The molecule has 1 aliphatic rings. The molecule has 25 heavy (non-hydrogen) atoms. The van der Waals surface area contributed by atoms with Crippen LogP contribution in [0.3, 0.4) is 0 Å². The molecule has 6 heteroatoms. The summed E-state index contributed by atoms with van der Waals surface area (Å²) in [6.07, 6.45) is 1.99. The Bertz CT molecular complexity index is 761. The maximum Gasteiger partial charge on any atom is 0.255 e. The fourth-order valence-electron chi connectivity index (χ4n) is 2.94. The van der Waals surface area contributed by atoms with Gasteiger partial charge in [-0.3, -0.25) is 9.69 Å². The molecular weight excluding hydrogens is 375 g/mol. The average Bonchev–Trinajstić information content (AvgIpc) is 2.64. The van der Waals surface area contributed by atoms with Crippen LogP contribution in [-0.2, 0) is 6.54 Å². The number of hydrogen-bond donors (Lipinski definition) is 0. The first-order valence-electron chi connectivity index (χ1n) is 8.17. The fraction of sp³-hybridized carbons (Fsp3) is 0.316. The van der Waals surface area contributed by atoms with E-state index in [9.17, 15) is 4.79 Å². The summed E-state index contributed by atoms with van der Waals surface area (Å²) in [5, 5.41) is 1.31. The van der Waals surface area contributed by atoms with Crippen LogP contribution in [0.15, 0.2) is 47.4 Å². The lowest BCUT2D eigenvalue weighted by Crippen LogP contribution is -2.48. The first kappa shape index (κ1) is 18.6. The maximum absolute atomic E-state index is 12.8. The molecule has 0 radical (unpaired) electrons. The summed E-state index contributed by atoms with van der Waals surface area (Å²) in [5.41, 5.74) is 1.72. The molecule has 0 atom stereocenters. The van der Waals surface area contributed by atoms with E-state index in [1.807, 2.05) is 47.6 Å². The van der Waals surface area contributed by atoms with Crippen molar-refractivity contribution >= 4 is 40.9 Å². The summed E-state index contributed by atoms with van der Waals surface area (Å²) >= 11 is 14.1. The van der Waals surface area contributed by atoms with Crippen LogP contribution in [0.4, 0.5) is 0 Å². The summed E-state index contributed by atoms with van der Waals surface area (Å²) in [6.45, 7) is 3.87. The van der Waals surface area contributed by atoms with Gasteiger partial charge in [-0.05, 0) is 36.1 Å². The Morgan fingerprint density at radius 1 is 1.04 bits per heavy atom. The Morgan fingerprint density at radius 3 is 2.44 bits per heavy atom. The number of rotatable bonds is 4. The van der Waals surface area contributed by atoms with Gasteiger partial charge in [0.2, 0.25) is 0 Å². The summed E-state index contributed by atoms with van der Waals surface area (Å²) in [4.78, 5) is 18.1. The zero-order chi connectivity index (χ0) is 17.8. The highest BCUT2D eigenvalue weighted by Gasteiger charge is 2.24. The van der Waals surface area contributed by atoms with Crippen molar-refractivity contribution in [3.05, 3.63) is 63.6 Å². The second kappa shape index (κ2) is 8.45. The number of nitrogens with zero attached hydrogens (tertiary/aromatic N) is 2. The first-order chi connectivity index (χ1) is 12.1. The molecule has 3 rings (SSSR count). The van der Waals surface area contributed by atoms with E-state index in [0.29, 0.717) is 23.7 Å². The minimum atomic E-state index is 0.0123. The highest BCUT2D eigenvalue weighted by Crippen LogP contribution is 2.25. The largest absolute Gasteiger partial charge is 0.336 e.